The molecule has 0 saturated carbocycles. The van der Waals surface area contributed by atoms with Crippen LogP contribution in [0.2, 0.25) is 0 Å². The highest BCUT2D eigenvalue weighted by Crippen LogP contribution is 2.21. The molecule has 0 amide bonds. The smallest absolute Gasteiger partial charge is 0.0254 e. The molecule has 0 aliphatic carbocycles. The minimum absolute atomic E-state index is 0.540. The summed E-state index contributed by atoms with van der Waals surface area (Å²) < 4.78 is 0. The second-order valence-electron chi connectivity index (χ2n) is 7.05. The molecule has 0 spiro atoms. The van der Waals surface area contributed by atoms with Crippen LogP contribution in [0.1, 0.15) is 31.9 Å². The molecule has 1 fully saturated rings. The van der Waals surface area contributed by atoms with Crippen molar-refractivity contribution in [3.05, 3.63) is 35.4 Å². The third-order valence-corrected chi connectivity index (χ3v) is 4.46. The predicted molar refractivity (Wildman–Crippen MR) is 90.3 cm³/mol. The molecule has 0 bridgehead atoms. The van der Waals surface area contributed by atoms with E-state index in [2.05, 4.69) is 74.2 Å². The van der Waals surface area contributed by atoms with Crippen molar-refractivity contribution in [3.63, 3.8) is 0 Å². The zero-order valence-electron chi connectivity index (χ0n) is 14.3. The zero-order valence-corrected chi connectivity index (χ0v) is 14.3. The van der Waals surface area contributed by atoms with Gasteiger partial charge in [-0.3, -0.25) is 4.90 Å². The van der Waals surface area contributed by atoms with Gasteiger partial charge in [-0.15, -0.1) is 0 Å². The first-order valence-corrected chi connectivity index (χ1v) is 8.15. The minimum atomic E-state index is 0.540. The molecule has 21 heavy (non-hydrogen) atoms. The minimum Gasteiger partial charge on any atom is -0.310 e. The Kier molecular flexibility index (Phi) is 5.80. The van der Waals surface area contributed by atoms with Gasteiger partial charge >= 0.3 is 0 Å². The van der Waals surface area contributed by atoms with Crippen molar-refractivity contribution in [2.45, 2.75) is 45.9 Å². The Hall–Kier alpha value is -0.900. The average Bonchev–Trinajstić information content (AvgIpc) is 2.79. The third-order valence-electron chi connectivity index (χ3n) is 4.46. The number of benzene rings is 1. The van der Waals surface area contributed by atoms with Gasteiger partial charge in [0.25, 0.3) is 0 Å². The van der Waals surface area contributed by atoms with Crippen molar-refractivity contribution in [2.75, 3.05) is 27.2 Å². The second-order valence-corrected chi connectivity index (χ2v) is 7.05. The number of likely N-dealkylation sites (tertiary alicyclic amines) is 1. The monoisotopic (exact) mass is 289 g/mol. The Labute approximate surface area is 130 Å². The largest absolute Gasteiger partial charge is 0.310 e. The molecule has 1 aromatic rings. The molecule has 0 radical (unpaired) electrons. The number of likely N-dealkylation sites (N-methyl/N-ethyl adjacent to an activating group) is 1. The Morgan fingerprint density at radius 3 is 2.29 bits per heavy atom. The molecule has 0 aromatic heterocycles. The molecule has 2 rings (SSSR count). The van der Waals surface area contributed by atoms with E-state index in [1.807, 2.05) is 0 Å². The molecule has 3 nitrogen and oxygen atoms in total. The van der Waals surface area contributed by atoms with E-state index in [0.29, 0.717) is 12.1 Å². The SMILES string of the molecule is CC(C)NCc1ccc(CN2CC(C)C(N(C)C)C2)cc1. The first-order valence-electron chi connectivity index (χ1n) is 8.15. The van der Waals surface area contributed by atoms with Crippen LogP contribution in [-0.4, -0.2) is 49.1 Å². The van der Waals surface area contributed by atoms with Crippen molar-refractivity contribution in [3.8, 4) is 0 Å². The topological polar surface area (TPSA) is 18.5 Å². The Morgan fingerprint density at radius 1 is 1.14 bits per heavy atom. The molecule has 1 aromatic carbocycles. The van der Waals surface area contributed by atoms with Crippen LogP contribution in [0, 0.1) is 5.92 Å². The molecule has 2 unspecified atom stereocenters. The van der Waals surface area contributed by atoms with E-state index in [4.69, 9.17) is 0 Å². The van der Waals surface area contributed by atoms with Crippen LogP contribution in [0.15, 0.2) is 24.3 Å². The summed E-state index contributed by atoms with van der Waals surface area (Å²) in [6.07, 6.45) is 0. The molecule has 1 heterocycles. The lowest BCUT2D eigenvalue weighted by molar-refractivity contribution is 0.250. The third kappa shape index (κ3) is 4.80. The maximum atomic E-state index is 3.46. The predicted octanol–water partition coefficient (Wildman–Crippen LogP) is 2.57. The van der Waals surface area contributed by atoms with E-state index in [1.165, 1.54) is 24.2 Å². The van der Waals surface area contributed by atoms with Crippen LogP contribution >= 0.6 is 0 Å². The maximum Gasteiger partial charge on any atom is 0.0254 e. The van der Waals surface area contributed by atoms with Gasteiger partial charge in [0.15, 0.2) is 0 Å². The summed E-state index contributed by atoms with van der Waals surface area (Å²) in [5, 5.41) is 3.46. The first kappa shape index (κ1) is 16.5. The van der Waals surface area contributed by atoms with Gasteiger partial charge in [0, 0.05) is 38.3 Å². The van der Waals surface area contributed by atoms with Gasteiger partial charge in [-0.25, -0.2) is 0 Å². The van der Waals surface area contributed by atoms with Crippen molar-refractivity contribution in [2.24, 2.45) is 5.92 Å². The summed E-state index contributed by atoms with van der Waals surface area (Å²) >= 11 is 0. The van der Waals surface area contributed by atoms with Crippen LogP contribution in [0.25, 0.3) is 0 Å². The Bertz CT molecular complexity index is 425. The highest BCUT2D eigenvalue weighted by molar-refractivity contribution is 5.22. The van der Waals surface area contributed by atoms with E-state index in [1.54, 1.807) is 0 Å². The van der Waals surface area contributed by atoms with Crippen molar-refractivity contribution in [1.82, 2.24) is 15.1 Å². The van der Waals surface area contributed by atoms with Crippen LogP contribution in [0.4, 0.5) is 0 Å². The van der Waals surface area contributed by atoms with E-state index in [-0.39, 0.29) is 0 Å². The van der Waals surface area contributed by atoms with E-state index >= 15 is 0 Å². The standard InChI is InChI=1S/C18H31N3/c1-14(2)19-10-16-6-8-17(9-7-16)12-21-11-15(3)18(13-21)20(4)5/h6-9,14-15,18-19H,10-13H2,1-5H3. The first-order chi connectivity index (χ1) is 9.95. The number of nitrogens with one attached hydrogen (secondary N) is 1. The second kappa shape index (κ2) is 7.39. The fraction of sp³-hybridized carbons (Fsp3) is 0.667. The lowest BCUT2D eigenvalue weighted by Gasteiger charge is -2.22. The number of rotatable bonds is 6. The molecule has 1 aliphatic rings. The van der Waals surface area contributed by atoms with Gasteiger partial charge in [0.2, 0.25) is 0 Å². The highest BCUT2D eigenvalue weighted by Gasteiger charge is 2.30. The van der Waals surface area contributed by atoms with Gasteiger partial charge in [-0.2, -0.15) is 0 Å². The van der Waals surface area contributed by atoms with Crippen molar-refractivity contribution in [1.29, 1.82) is 0 Å². The Balaban J connectivity index is 1.86. The van der Waals surface area contributed by atoms with Gasteiger partial charge in [0.1, 0.15) is 0 Å². The molecule has 1 saturated heterocycles. The molecule has 118 valence electrons. The zero-order chi connectivity index (χ0) is 15.4. The van der Waals surface area contributed by atoms with E-state index < -0.39 is 0 Å². The molecule has 1 aliphatic heterocycles. The summed E-state index contributed by atoms with van der Waals surface area (Å²) in [4.78, 5) is 4.95. The van der Waals surface area contributed by atoms with Crippen molar-refractivity contribution >= 4 is 0 Å². The van der Waals surface area contributed by atoms with Gasteiger partial charge < -0.3 is 10.2 Å². The normalized spacial score (nSPS) is 23.4. The number of hydrogen-bond donors (Lipinski definition) is 1. The van der Waals surface area contributed by atoms with Crippen LogP contribution < -0.4 is 5.32 Å². The number of nitrogens with zero attached hydrogens (tertiary/aromatic N) is 2. The Morgan fingerprint density at radius 2 is 1.76 bits per heavy atom. The van der Waals surface area contributed by atoms with Gasteiger partial charge in [-0.1, -0.05) is 45.0 Å². The number of hydrogen-bond acceptors (Lipinski definition) is 3. The maximum absolute atomic E-state index is 3.46. The van der Waals surface area contributed by atoms with E-state index in [9.17, 15) is 0 Å². The lowest BCUT2D eigenvalue weighted by atomic mass is 10.1. The van der Waals surface area contributed by atoms with Gasteiger partial charge in [0.05, 0.1) is 0 Å². The van der Waals surface area contributed by atoms with Crippen LogP contribution in [-0.2, 0) is 13.1 Å². The fourth-order valence-corrected chi connectivity index (χ4v) is 3.19. The molecule has 1 N–H and O–H groups in total. The summed E-state index contributed by atoms with van der Waals surface area (Å²) in [6.45, 7) is 11.2. The van der Waals surface area contributed by atoms with E-state index in [0.717, 1.165) is 19.0 Å². The quantitative estimate of drug-likeness (QED) is 0.868. The summed E-state index contributed by atoms with van der Waals surface area (Å²) in [5.41, 5.74) is 2.79. The van der Waals surface area contributed by atoms with Crippen molar-refractivity contribution < 1.29 is 0 Å². The van der Waals surface area contributed by atoms with Gasteiger partial charge in [-0.05, 0) is 31.1 Å². The average molecular weight is 289 g/mol. The summed E-state index contributed by atoms with van der Waals surface area (Å²) in [5.74, 6) is 0.759. The fourth-order valence-electron chi connectivity index (χ4n) is 3.19. The van der Waals surface area contributed by atoms with Crippen LogP contribution in [0.3, 0.4) is 0 Å². The lowest BCUT2D eigenvalue weighted by Crippen LogP contribution is -2.34. The van der Waals surface area contributed by atoms with Crippen LogP contribution in [0.5, 0.6) is 0 Å². The molecular formula is C18H31N3. The molecule has 2 atom stereocenters. The molecule has 3 heteroatoms. The molecular weight excluding hydrogens is 258 g/mol. The summed E-state index contributed by atoms with van der Waals surface area (Å²) in [6, 6.07) is 10.3. The highest BCUT2D eigenvalue weighted by atomic mass is 15.2. The summed E-state index contributed by atoms with van der Waals surface area (Å²) in [7, 11) is 4.39.